The lowest BCUT2D eigenvalue weighted by Crippen LogP contribution is -2.26. The number of rotatable bonds is 4. The van der Waals surface area contributed by atoms with E-state index in [4.69, 9.17) is 10.5 Å². The van der Waals surface area contributed by atoms with Gasteiger partial charge in [0.2, 0.25) is 0 Å². The van der Waals surface area contributed by atoms with Gasteiger partial charge in [0.15, 0.2) is 0 Å². The van der Waals surface area contributed by atoms with Crippen LogP contribution in [0.15, 0.2) is 42.5 Å². The first kappa shape index (κ1) is 14.8. The average Bonchev–Trinajstić information content (AvgIpc) is 2.47. The number of nitrogen functional groups attached to an aromatic ring is 1. The second-order valence-electron chi connectivity index (χ2n) is 4.74. The molecule has 1 atom stereocenters. The number of methoxy groups -OCH3 is 1. The number of nitrogens with one attached hydrogen (secondary N) is 1. The maximum atomic E-state index is 12.9. The predicted molar refractivity (Wildman–Crippen MR) is 79.7 cm³/mol. The number of anilines is 1. The van der Waals surface area contributed by atoms with Crippen LogP contribution in [-0.4, -0.2) is 13.0 Å². The molecule has 0 aliphatic carbocycles. The molecule has 0 aliphatic heterocycles. The van der Waals surface area contributed by atoms with Crippen LogP contribution in [0.3, 0.4) is 0 Å². The van der Waals surface area contributed by atoms with E-state index in [1.165, 1.54) is 19.2 Å². The summed E-state index contributed by atoms with van der Waals surface area (Å²) < 4.78 is 18.0. The highest BCUT2D eigenvalue weighted by molar-refractivity contribution is 5.95. The fourth-order valence-corrected chi connectivity index (χ4v) is 1.99. The molecular weight excluding hydrogens is 271 g/mol. The van der Waals surface area contributed by atoms with Crippen LogP contribution in [0.1, 0.15) is 28.9 Å². The first-order chi connectivity index (χ1) is 9.99. The Labute approximate surface area is 122 Å². The molecule has 0 radical (unpaired) electrons. The number of ether oxygens (including phenoxy) is 1. The Balaban J connectivity index is 2.13. The zero-order valence-corrected chi connectivity index (χ0v) is 11.9. The molecule has 0 bridgehead atoms. The number of amides is 1. The van der Waals surface area contributed by atoms with Gasteiger partial charge in [-0.2, -0.15) is 0 Å². The molecule has 5 heteroatoms. The molecule has 1 amide bonds. The summed E-state index contributed by atoms with van der Waals surface area (Å²) >= 11 is 0. The summed E-state index contributed by atoms with van der Waals surface area (Å²) in [4.78, 5) is 12.2. The van der Waals surface area contributed by atoms with Crippen molar-refractivity contribution >= 4 is 11.6 Å². The number of carbonyl (C=O) groups excluding carboxylic acids is 1. The molecule has 2 aromatic rings. The Kier molecular flexibility index (Phi) is 4.42. The molecule has 2 rings (SSSR count). The van der Waals surface area contributed by atoms with Gasteiger partial charge in [-0.3, -0.25) is 4.79 Å². The van der Waals surface area contributed by atoms with Crippen LogP contribution in [0.4, 0.5) is 10.1 Å². The lowest BCUT2D eigenvalue weighted by Gasteiger charge is -2.15. The highest BCUT2D eigenvalue weighted by Gasteiger charge is 2.13. The number of hydrogen-bond acceptors (Lipinski definition) is 3. The van der Waals surface area contributed by atoms with Gasteiger partial charge in [0.05, 0.1) is 13.2 Å². The zero-order chi connectivity index (χ0) is 15.4. The number of hydrogen-bond donors (Lipinski definition) is 2. The molecular formula is C16H17FN2O2. The van der Waals surface area contributed by atoms with E-state index in [-0.39, 0.29) is 17.8 Å². The van der Waals surface area contributed by atoms with Crippen molar-refractivity contribution in [3.8, 4) is 5.75 Å². The van der Waals surface area contributed by atoms with Crippen LogP contribution < -0.4 is 15.8 Å². The first-order valence-corrected chi connectivity index (χ1v) is 6.50. The van der Waals surface area contributed by atoms with E-state index in [2.05, 4.69) is 5.32 Å². The minimum Gasteiger partial charge on any atom is -0.497 e. The van der Waals surface area contributed by atoms with Gasteiger partial charge >= 0.3 is 0 Å². The Hall–Kier alpha value is -2.56. The van der Waals surface area contributed by atoms with Gasteiger partial charge < -0.3 is 15.8 Å². The molecule has 0 fully saturated rings. The largest absolute Gasteiger partial charge is 0.497 e. The van der Waals surface area contributed by atoms with Gasteiger partial charge in [-0.15, -0.1) is 0 Å². The third kappa shape index (κ3) is 3.72. The maximum absolute atomic E-state index is 12.9. The second kappa shape index (κ2) is 6.26. The molecule has 0 aliphatic rings. The Bertz CT molecular complexity index is 641. The summed E-state index contributed by atoms with van der Waals surface area (Å²) in [7, 11) is 1.51. The Morgan fingerprint density at radius 2 is 1.90 bits per heavy atom. The molecule has 110 valence electrons. The number of carbonyl (C=O) groups is 1. The highest BCUT2D eigenvalue weighted by Crippen LogP contribution is 2.20. The minimum atomic E-state index is -0.308. The predicted octanol–water partition coefficient (Wildman–Crippen LogP) is 2.91. The van der Waals surface area contributed by atoms with E-state index in [0.29, 0.717) is 17.0 Å². The van der Waals surface area contributed by atoms with Crippen LogP contribution in [-0.2, 0) is 0 Å². The molecule has 21 heavy (non-hydrogen) atoms. The fourth-order valence-electron chi connectivity index (χ4n) is 1.99. The Morgan fingerprint density at radius 3 is 2.52 bits per heavy atom. The SMILES string of the molecule is COc1cc(N)cc(C(=O)NC(C)c2ccc(F)cc2)c1. The maximum Gasteiger partial charge on any atom is 0.251 e. The minimum absolute atomic E-state index is 0.245. The van der Waals surface area contributed by atoms with E-state index in [9.17, 15) is 9.18 Å². The van der Waals surface area contributed by atoms with Crippen molar-refractivity contribution in [1.82, 2.24) is 5.32 Å². The number of benzene rings is 2. The Morgan fingerprint density at radius 1 is 1.24 bits per heavy atom. The van der Waals surface area contributed by atoms with E-state index >= 15 is 0 Å². The molecule has 1 unspecified atom stereocenters. The lowest BCUT2D eigenvalue weighted by molar-refractivity contribution is 0.0939. The summed E-state index contributed by atoms with van der Waals surface area (Å²) in [6.07, 6.45) is 0. The van der Waals surface area contributed by atoms with Crippen molar-refractivity contribution < 1.29 is 13.9 Å². The summed E-state index contributed by atoms with van der Waals surface area (Å²) in [5.41, 5.74) is 7.42. The molecule has 0 aromatic heterocycles. The summed E-state index contributed by atoms with van der Waals surface area (Å²) in [5.74, 6) is -0.0511. The molecule has 2 aromatic carbocycles. The quantitative estimate of drug-likeness (QED) is 0.850. The summed E-state index contributed by atoms with van der Waals surface area (Å²) in [6, 6.07) is 10.6. The van der Waals surface area contributed by atoms with E-state index in [0.717, 1.165) is 5.56 Å². The van der Waals surface area contributed by atoms with E-state index in [1.54, 1.807) is 30.3 Å². The zero-order valence-electron chi connectivity index (χ0n) is 11.9. The molecule has 4 nitrogen and oxygen atoms in total. The normalized spacial score (nSPS) is 11.8. The van der Waals surface area contributed by atoms with Crippen molar-refractivity contribution in [3.05, 3.63) is 59.4 Å². The van der Waals surface area contributed by atoms with Gasteiger partial charge in [0.1, 0.15) is 11.6 Å². The van der Waals surface area contributed by atoms with Gasteiger partial charge in [-0.05, 0) is 36.8 Å². The van der Waals surface area contributed by atoms with Crippen LogP contribution in [0.5, 0.6) is 5.75 Å². The number of nitrogens with two attached hydrogens (primary N) is 1. The molecule has 3 N–H and O–H groups in total. The van der Waals surface area contributed by atoms with Crippen molar-refractivity contribution in [1.29, 1.82) is 0 Å². The van der Waals surface area contributed by atoms with Crippen molar-refractivity contribution in [2.75, 3.05) is 12.8 Å². The topological polar surface area (TPSA) is 64.3 Å². The lowest BCUT2D eigenvalue weighted by atomic mass is 10.1. The molecule has 0 heterocycles. The highest BCUT2D eigenvalue weighted by atomic mass is 19.1. The van der Waals surface area contributed by atoms with E-state index in [1.807, 2.05) is 6.92 Å². The molecule has 0 spiro atoms. The van der Waals surface area contributed by atoms with Gasteiger partial charge in [0, 0.05) is 17.3 Å². The third-order valence-corrected chi connectivity index (χ3v) is 3.14. The van der Waals surface area contributed by atoms with Crippen LogP contribution in [0.2, 0.25) is 0 Å². The third-order valence-electron chi connectivity index (χ3n) is 3.14. The second-order valence-corrected chi connectivity index (χ2v) is 4.74. The standard InChI is InChI=1S/C16H17FN2O2/c1-10(11-3-5-13(17)6-4-11)19-16(20)12-7-14(18)9-15(8-12)21-2/h3-10H,18H2,1-2H3,(H,19,20). The van der Waals surface area contributed by atoms with Gasteiger partial charge in [-0.25, -0.2) is 4.39 Å². The van der Waals surface area contributed by atoms with Gasteiger partial charge in [0.25, 0.3) is 5.91 Å². The van der Waals surface area contributed by atoms with Gasteiger partial charge in [-0.1, -0.05) is 12.1 Å². The van der Waals surface area contributed by atoms with Crippen molar-refractivity contribution in [2.24, 2.45) is 0 Å². The number of halogens is 1. The van der Waals surface area contributed by atoms with E-state index < -0.39 is 0 Å². The van der Waals surface area contributed by atoms with Crippen LogP contribution in [0, 0.1) is 5.82 Å². The van der Waals surface area contributed by atoms with Crippen LogP contribution in [0.25, 0.3) is 0 Å². The van der Waals surface area contributed by atoms with Crippen LogP contribution >= 0.6 is 0 Å². The monoisotopic (exact) mass is 288 g/mol. The first-order valence-electron chi connectivity index (χ1n) is 6.50. The molecule has 0 saturated carbocycles. The van der Waals surface area contributed by atoms with Crippen molar-refractivity contribution in [2.45, 2.75) is 13.0 Å². The molecule has 0 saturated heterocycles. The summed E-state index contributed by atoms with van der Waals surface area (Å²) in [6.45, 7) is 1.83. The van der Waals surface area contributed by atoms with Crippen molar-refractivity contribution in [3.63, 3.8) is 0 Å². The summed E-state index contributed by atoms with van der Waals surface area (Å²) in [5, 5.41) is 2.84. The smallest absolute Gasteiger partial charge is 0.251 e. The average molecular weight is 288 g/mol. The fraction of sp³-hybridized carbons (Fsp3) is 0.188.